The first-order valence-electron chi connectivity index (χ1n) is 4.13. The van der Waals surface area contributed by atoms with Crippen molar-refractivity contribution in [2.75, 3.05) is 0 Å². The molecule has 0 amide bonds. The summed E-state index contributed by atoms with van der Waals surface area (Å²) in [5.41, 5.74) is 1.40. The third-order valence-corrected chi connectivity index (χ3v) is 4.33. The quantitative estimate of drug-likeness (QED) is 0.678. The molecule has 0 radical (unpaired) electrons. The van der Waals surface area contributed by atoms with Gasteiger partial charge in [-0.25, -0.2) is 0 Å². The monoisotopic (exact) mass is 380 g/mol. The Morgan fingerprint density at radius 3 is 2.44 bits per heavy atom. The highest BCUT2D eigenvalue weighted by Crippen LogP contribution is 2.34. The Hall–Kier alpha value is -0.350. The van der Waals surface area contributed by atoms with Gasteiger partial charge in [-0.1, -0.05) is 23.2 Å². The molecule has 0 saturated heterocycles. The fraction of sp³-hybridized carbons (Fsp3) is 0. The molecular formula is C10H3Cl2IN2S. The number of hydrogen-bond acceptors (Lipinski definition) is 3. The molecule has 0 N–H and O–H groups in total. The van der Waals surface area contributed by atoms with Crippen LogP contribution in [0.3, 0.4) is 0 Å². The molecule has 2 aromatic rings. The average Bonchev–Trinajstić information content (AvgIpc) is 2.58. The zero-order valence-electron chi connectivity index (χ0n) is 7.67. The van der Waals surface area contributed by atoms with E-state index >= 15 is 0 Å². The summed E-state index contributed by atoms with van der Waals surface area (Å²) in [5.74, 6) is 0. The maximum atomic E-state index is 9.03. The minimum absolute atomic E-state index is 0.551. The predicted molar refractivity (Wildman–Crippen MR) is 75.0 cm³/mol. The first-order chi connectivity index (χ1) is 7.61. The van der Waals surface area contributed by atoms with E-state index in [1.807, 2.05) is 22.6 Å². The number of benzene rings is 1. The lowest BCUT2D eigenvalue weighted by molar-refractivity contribution is 1.42. The molecule has 0 bridgehead atoms. The second-order valence-corrected chi connectivity index (χ2v) is 5.62. The SMILES string of the molecule is N#Cc1c(I)nsc1-c1cc(Cl)cc(Cl)c1. The van der Waals surface area contributed by atoms with E-state index in [0.717, 1.165) is 10.4 Å². The van der Waals surface area contributed by atoms with Gasteiger partial charge in [0.15, 0.2) is 0 Å². The lowest BCUT2D eigenvalue weighted by atomic mass is 10.1. The predicted octanol–water partition coefficient (Wildman–Crippen LogP) is 4.59. The van der Waals surface area contributed by atoms with E-state index < -0.39 is 0 Å². The zero-order chi connectivity index (χ0) is 11.7. The van der Waals surface area contributed by atoms with Gasteiger partial charge in [-0.15, -0.1) is 0 Å². The molecule has 1 heterocycles. The molecular weight excluding hydrogens is 378 g/mol. The van der Waals surface area contributed by atoms with Crippen molar-refractivity contribution < 1.29 is 0 Å². The Kier molecular flexibility index (Phi) is 3.70. The fourth-order valence-corrected chi connectivity index (χ4v) is 3.36. The van der Waals surface area contributed by atoms with Crippen LogP contribution in [0.5, 0.6) is 0 Å². The summed E-state index contributed by atoms with van der Waals surface area (Å²) in [6.45, 7) is 0. The summed E-state index contributed by atoms with van der Waals surface area (Å²) in [4.78, 5) is 0.802. The van der Waals surface area contributed by atoms with Gasteiger partial charge in [-0.3, -0.25) is 0 Å². The maximum Gasteiger partial charge on any atom is 0.133 e. The molecule has 2 nitrogen and oxygen atoms in total. The van der Waals surface area contributed by atoms with Crippen LogP contribution in [0.15, 0.2) is 18.2 Å². The fourth-order valence-electron chi connectivity index (χ4n) is 1.25. The average molecular weight is 381 g/mol. The normalized spacial score (nSPS) is 10.1. The summed E-state index contributed by atoms with van der Waals surface area (Å²) in [6.07, 6.45) is 0. The maximum absolute atomic E-state index is 9.03. The van der Waals surface area contributed by atoms with Gasteiger partial charge in [0, 0.05) is 10.0 Å². The Morgan fingerprint density at radius 1 is 1.25 bits per heavy atom. The van der Waals surface area contributed by atoms with Crippen LogP contribution < -0.4 is 0 Å². The van der Waals surface area contributed by atoms with Gasteiger partial charge in [-0.2, -0.15) is 9.64 Å². The van der Waals surface area contributed by atoms with Gasteiger partial charge >= 0.3 is 0 Å². The van der Waals surface area contributed by atoms with E-state index in [2.05, 4.69) is 10.4 Å². The van der Waals surface area contributed by atoms with Gasteiger partial charge in [-0.05, 0) is 57.9 Å². The van der Waals surface area contributed by atoms with Gasteiger partial charge < -0.3 is 0 Å². The largest absolute Gasteiger partial charge is 0.192 e. The minimum atomic E-state index is 0.551. The van der Waals surface area contributed by atoms with E-state index in [4.69, 9.17) is 28.5 Å². The summed E-state index contributed by atoms with van der Waals surface area (Å²) in [6, 6.07) is 7.34. The first-order valence-corrected chi connectivity index (χ1v) is 6.74. The van der Waals surface area contributed by atoms with E-state index in [1.54, 1.807) is 18.2 Å². The molecule has 0 unspecified atom stereocenters. The van der Waals surface area contributed by atoms with Crippen molar-refractivity contribution in [1.29, 1.82) is 5.26 Å². The van der Waals surface area contributed by atoms with Crippen LogP contribution in [0.1, 0.15) is 5.56 Å². The molecule has 0 fully saturated rings. The summed E-state index contributed by atoms with van der Waals surface area (Å²) in [5, 5.41) is 10.1. The standard InChI is InChI=1S/C10H3Cl2IN2S/c11-6-1-5(2-7(12)3-6)9-8(4-14)10(13)15-16-9/h1-3H. The van der Waals surface area contributed by atoms with Crippen LogP contribution in [-0.2, 0) is 0 Å². The molecule has 0 spiro atoms. The second-order valence-electron chi connectivity index (χ2n) is 2.95. The molecule has 0 saturated carbocycles. The molecule has 80 valence electrons. The van der Waals surface area contributed by atoms with E-state index in [0.29, 0.717) is 19.3 Å². The molecule has 0 aliphatic heterocycles. The first kappa shape index (κ1) is 12.1. The van der Waals surface area contributed by atoms with Crippen molar-refractivity contribution in [1.82, 2.24) is 4.37 Å². The number of nitrogens with zero attached hydrogens (tertiary/aromatic N) is 2. The topological polar surface area (TPSA) is 36.7 Å². The Bertz CT molecular complexity index is 569. The van der Waals surface area contributed by atoms with Crippen LogP contribution in [0.2, 0.25) is 10.0 Å². The third-order valence-electron chi connectivity index (χ3n) is 1.89. The molecule has 0 aliphatic carbocycles. The van der Waals surface area contributed by atoms with Crippen molar-refractivity contribution in [3.05, 3.63) is 37.5 Å². The van der Waals surface area contributed by atoms with Gasteiger partial charge in [0.1, 0.15) is 15.3 Å². The second kappa shape index (κ2) is 4.88. The number of aromatic nitrogens is 1. The van der Waals surface area contributed by atoms with Crippen molar-refractivity contribution in [3.63, 3.8) is 0 Å². The number of halogens is 3. The van der Waals surface area contributed by atoms with Crippen LogP contribution in [-0.4, -0.2) is 4.37 Å². The van der Waals surface area contributed by atoms with Gasteiger partial charge in [0.05, 0.1) is 4.88 Å². The Balaban J connectivity index is 2.63. The minimum Gasteiger partial charge on any atom is -0.192 e. The number of nitriles is 1. The highest BCUT2D eigenvalue weighted by molar-refractivity contribution is 14.1. The Labute approximate surface area is 120 Å². The number of hydrogen-bond donors (Lipinski definition) is 0. The highest BCUT2D eigenvalue weighted by atomic mass is 127. The van der Waals surface area contributed by atoms with Crippen LogP contribution in [0.25, 0.3) is 10.4 Å². The van der Waals surface area contributed by atoms with Crippen LogP contribution >= 0.6 is 57.3 Å². The van der Waals surface area contributed by atoms with E-state index in [1.165, 1.54) is 11.5 Å². The van der Waals surface area contributed by atoms with Gasteiger partial charge in [0.2, 0.25) is 0 Å². The Morgan fingerprint density at radius 2 is 1.88 bits per heavy atom. The number of rotatable bonds is 1. The summed E-state index contributed by atoms with van der Waals surface area (Å²) < 4.78 is 4.85. The van der Waals surface area contributed by atoms with Crippen molar-refractivity contribution in [2.24, 2.45) is 0 Å². The van der Waals surface area contributed by atoms with Crippen LogP contribution in [0.4, 0.5) is 0 Å². The highest BCUT2D eigenvalue weighted by Gasteiger charge is 2.13. The lowest BCUT2D eigenvalue weighted by Crippen LogP contribution is -1.80. The van der Waals surface area contributed by atoms with E-state index in [9.17, 15) is 0 Å². The van der Waals surface area contributed by atoms with Gasteiger partial charge in [0.25, 0.3) is 0 Å². The summed E-state index contributed by atoms with van der Waals surface area (Å²) >= 11 is 15.1. The third kappa shape index (κ3) is 2.33. The molecule has 16 heavy (non-hydrogen) atoms. The van der Waals surface area contributed by atoms with E-state index in [-0.39, 0.29) is 0 Å². The molecule has 1 aromatic carbocycles. The smallest absolute Gasteiger partial charge is 0.133 e. The molecule has 0 atom stereocenters. The van der Waals surface area contributed by atoms with Crippen LogP contribution in [0, 0.1) is 15.0 Å². The lowest BCUT2D eigenvalue weighted by Gasteiger charge is -2.00. The zero-order valence-corrected chi connectivity index (χ0v) is 12.2. The molecule has 2 rings (SSSR count). The molecule has 0 aliphatic rings. The van der Waals surface area contributed by atoms with Crippen molar-refractivity contribution >= 4 is 57.3 Å². The summed E-state index contributed by atoms with van der Waals surface area (Å²) in [7, 11) is 0. The van der Waals surface area contributed by atoms with Crippen molar-refractivity contribution in [3.8, 4) is 16.5 Å². The van der Waals surface area contributed by atoms with Crippen molar-refractivity contribution in [2.45, 2.75) is 0 Å². The molecule has 1 aromatic heterocycles. The molecule has 6 heteroatoms.